The van der Waals surface area contributed by atoms with Gasteiger partial charge in [0.15, 0.2) is 0 Å². The molecule has 2 fully saturated rings. The summed E-state index contributed by atoms with van der Waals surface area (Å²) in [7, 11) is 1.77. The van der Waals surface area contributed by atoms with Gasteiger partial charge >= 0.3 is 0 Å². The zero-order valence-corrected chi connectivity index (χ0v) is 20.4. The quantitative estimate of drug-likeness (QED) is 0.611. The Balaban J connectivity index is 0.00000289. The summed E-state index contributed by atoms with van der Waals surface area (Å²) in [5.41, 5.74) is 1.53. The molecule has 0 radical (unpaired) electrons. The molecule has 3 rings (SSSR count). The Morgan fingerprint density at radius 1 is 1.22 bits per heavy atom. The normalized spacial score (nSPS) is 25.6. The fourth-order valence-electron chi connectivity index (χ4n) is 5.30. The third kappa shape index (κ3) is 5.90. The number of carbonyl (C=O) groups excluding carboxylic acids is 2. The van der Waals surface area contributed by atoms with Crippen molar-refractivity contribution in [1.29, 1.82) is 0 Å². The van der Waals surface area contributed by atoms with E-state index < -0.39 is 6.04 Å². The Hall–Kier alpha value is -1.92. The van der Waals surface area contributed by atoms with Crippen LogP contribution in [0.1, 0.15) is 61.3 Å². The van der Waals surface area contributed by atoms with Crippen LogP contribution in [0.5, 0.6) is 0 Å². The van der Waals surface area contributed by atoms with E-state index in [0.29, 0.717) is 6.42 Å². The number of nitrogens with one attached hydrogen (secondary N) is 2. The van der Waals surface area contributed by atoms with Crippen molar-refractivity contribution in [2.24, 2.45) is 5.41 Å². The minimum atomic E-state index is -0.438. The SMILES string of the molecule is CCC[C@H](NC(=O)[C@H](C)NC)C(=O)N1CC[C@@]2(C)CCCN(CCc3ccccc3)C[C@@H]12.[HH].[HH]. The maximum atomic E-state index is 13.6. The molecule has 2 aliphatic rings. The van der Waals surface area contributed by atoms with Crippen LogP contribution < -0.4 is 10.6 Å². The average molecular weight is 447 g/mol. The molecule has 0 aromatic heterocycles. The van der Waals surface area contributed by atoms with Crippen LogP contribution >= 0.6 is 0 Å². The summed E-state index contributed by atoms with van der Waals surface area (Å²) >= 11 is 0. The van der Waals surface area contributed by atoms with E-state index >= 15 is 0 Å². The molecule has 6 nitrogen and oxygen atoms in total. The highest BCUT2D eigenvalue weighted by molar-refractivity contribution is 5.90. The highest BCUT2D eigenvalue weighted by Crippen LogP contribution is 2.43. The number of nitrogens with zero attached hydrogens (tertiary/aromatic N) is 2. The maximum Gasteiger partial charge on any atom is 0.245 e. The van der Waals surface area contributed by atoms with Gasteiger partial charge < -0.3 is 20.4 Å². The molecule has 0 aliphatic carbocycles. The zero-order chi connectivity index (χ0) is 23.1. The number of carbonyl (C=O) groups is 2. The van der Waals surface area contributed by atoms with Crippen molar-refractivity contribution in [3.05, 3.63) is 35.9 Å². The number of benzene rings is 1. The van der Waals surface area contributed by atoms with Crippen molar-refractivity contribution < 1.29 is 12.4 Å². The molecule has 2 aliphatic heterocycles. The Bertz CT molecular complexity index is 766. The predicted molar refractivity (Wildman–Crippen MR) is 134 cm³/mol. The van der Waals surface area contributed by atoms with Gasteiger partial charge in [-0.1, -0.05) is 50.6 Å². The number of likely N-dealkylation sites (tertiary alicyclic amines) is 2. The number of hydrogen-bond donors (Lipinski definition) is 2. The van der Waals surface area contributed by atoms with Gasteiger partial charge in [0.1, 0.15) is 6.04 Å². The maximum absolute atomic E-state index is 13.6. The molecule has 0 saturated carbocycles. The molecule has 1 aromatic rings. The van der Waals surface area contributed by atoms with E-state index in [1.807, 2.05) is 6.92 Å². The Morgan fingerprint density at radius 3 is 2.66 bits per heavy atom. The standard InChI is InChI=1S/C26H42N4O2.2H2/c1-5-10-22(28-24(31)20(2)27-4)25(32)30-18-15-26(3)14-9-16-29(19-23(26)30)17-13-21-11-7-6-8-12-21;;/h6-8,11-12,20,22-23,27H,5,9-10,13-19H2,1-4H3,(H,28,31);2*1H/t20-,22-,23+,26+;;/m0../s1. The molecule has 0 spiro atoms. The van der Waals surface area contributed by atoms with Gasteiger partial charge in [-0.15, -0.1) is 0 Å². The smallest absolute Gasteiger partial charge is 0.245 e. The summed E-state index contributed by atoms with van der Waals surface area (Å²) in [5, 5.41) is 5.99. The molecule has 4 atom stereocenters. The first-order valence-corrected chi connectivity index (χ1v) is 12.4. The second-order valence-corrected chi connectivity index (χ2v) is 9.95. The lowest BCUT2D eigenvalue weighted by Gasteiger charge is -2.37. The molecule has 2 saturated heterocycles. The van der Waals surface area contributed by atoms with Gasteiger partial charge in [0, 0.05) is 28.5 Å². The van der Waals surface area contributed by atoms with Crippen LogP contribution in [0.15, 0.2) is 30.3 Å². The van der Waals surface area contributed by atoms with Crippen LogP contribution in [0.25, 0.3) is 0 Å². The topological polar surface area (TPSA) is 64.7 Å². The molecule has 32 heavy (non-hydrogen) atoms. The molecule has 0 unspecified atom stereocenters. The molecule has 6 heteroatoms. The number of hydrogen-bond acceptors (Lipinski definition) is 4. The van der Waals surface area contributed by atoms with Gasteiger partial charge in [0.25, 0.3) is 0 Å². The Morgan fingerprint density at radius 2 is 1.97 bits per heavy atom. The van der Waals surface area contributed by atoms with Crippen LogP contribution in [0.3, 0.4) is 0 Å². The monoisotopic (exact) mass is 446 g/mol. The van der Waals surface area contributed by atoms with Gasteiger partial charge in [0.2, 0.25) is 11.8 Å². The molecular formula is C26H46N4O2. The lowest BCUT2D eigenvalue weighted by molar-refractivity contribution is -0.138. The lowest BCUT2D eigenvalue weighted by Crippen LogP contribution is -2.56. The van der Waals surface area contributed by atoms with Crippen LogP contribution in [0.2, 0.25) is 0 Å². The fraction of sp³-hybridized carbons (Fsp3) is 0.692. The van der Waals surface area contributed by atoms with Gasteiger partial charge in [0.05, 0.1) is 6.04 Å². The first kappa shape index (κ1) is 24.7. The molecule has 2 N–H and O–H groups in total. The summed E-state index contributed by atoms with van der Waals surface area (Å²) in [6.45, 7) is 10.1. The third-order valence-corrected chi connectivity index (χ3v) is 7.62. The minimum absolute atomic E-state index is 0. The van der Waals surface area contributed by atoms with Crippen LogP contribution in [-0.2, 0) is 16.0 Å². The number of rotatable bonds is 9. The van der Waals surface area contributed by atoms with Crippen molar-refractivity contribution in [1.82, 2.24) is 20.4 Å². The van der Waals surface area contributed by atoms with Gasteiger partial charge in [-0.3, -0.25) is 9.59 Å². The summed E-state index contributed by atoms with van der Waals surface area (Å²) in [6, 6.07) is 10.1. The summed E-state index contributed by atoms with van der Waals surface area (Å²) in [5.74, 6) is -0.00579. The molecular weight excluding hydrogens is 400 g/mol. The van der Waals surface area contributed by atoms with Crippen LogP contribution in [0.4, 0.5) is 0 Å². The van der Waals surface area contributed by atoms with E-state index in [2.05, 4.69) is 64.6 Å². The Labute approximate surface area is 197 Å². The zero-order valence-electron chi connectivity index (χ0n) is 20.4. The number of likely N-dealkylation sites (N-methyl/N-ethyl adjacent to an activating group) is 1. The van der Waals surface area contributed by atoms with E-state index in [1.165, 1.54) is 12.0 Å². The van der Waals surface area contributed by atoms with E-state index in [-0.39, 0.29) is 32.2 Å². The van der Waals surface area contributed by atoms with E-state index in [9.17, 15) is 9.59 Å². The summed E-state index contributed by atoms with van der Waals surface area (Å²) in [6.07, 6.45) is 5.97. The average Bonchev–Trinajstić information content (AvgIpc) is 3.02. The second kappa shape index (κ2) is 11.3. The predicted octanol–water partition coefficient (Wildman–Crippen LogP) is 3.32. The molecule has 1 aromatic carbocycles. The summed E-state index contributed by atoms with van der Waals surface area (Å²) in [4.78, 5) is 30.8. The van der Waals surface area contributed by atoms with Crippen molar-refractivity contribution in [2.45, 2.75) is 77.4 Å². The highest BCUT2D eigenvalue weighted by Gasteiger charge is 2.48. The van der Waals surface area contributed by atoms with Crippen LogP contribution in [0, 0.1) is 5.41 Å². The summed E-state index contributed by atoms with van der Waals surface area (Å²) < 4.78 is 0. The second-order valence-electron chi connectivity index (χ2n) is 9.95. The first-order chi connectivity index (χ1) is 15.4. The minimum Gasteiger partial charge on any atom is -0.343 e. The van der Waals surface area contributed by atoms with Gasteiger partial charge in [-0.2, -0.15) is 0 Å². The molecule has 182 valence electrons. The van der Waals surface area contributed by atoms with Gasteiger partial charge in [-0.05, 0) is 63.6 Å². The van der Waals surface area contributed by atoms with E-state index in [4.69, 9.17) is 0 Å². The Kier molecular flexibility index (Phi) is 8.72. The third-order valence-electron chi connectivity index (χ3n) is 7.62. The van der Waals surface area contributed by atoms with Crippen molar-refractivity contribution >= 4 is 11.8 Å². The molecule has 0 bridgehead atoms. The van der Waals surface area contributed by atoms with E-state index in [1.54, 1.807) is 7.05 Å². The lowest BCUT2D eigenvalue weighted by atomic mass is 9.79. The van der Waals surface area contributed by atoms with Crippen LogP contribution in [-0.4, -0.2) is 73.0 Å². The van der Waals surface area contributed by atoms with Crippen molar-refractivity contribution in [3.8, 4) is 0 Å². The highest BCUT2D eigenvalue weighted by atomic mass is 16.2. The molecule has 2 heterocycles. The van der Waals surface area contributed by atoms with Crippen molar-refractivity contribution in [2.75, 3.05) is 33.2 Å². The number of amides is 2. The fourth-order valence-corrected chi connectivity index (χ4v) is 5.30. The largest absolute Gasteiger partial charge is 0.343 e. The van der Waals surface area contributed by atoms with Gasteiger partial charge in [-0.25, -0.2) is 0 Å². The first-order valence-electron chi connectivity index (χ1n) is 12.4. The van der Waals surface area contributed by atoms with E-state index in [0.717, 1.165) is 51.9 Å². The molecule has 2 amide bonds. The number of fused-ring (bicyclic) bond motifs is 1. The van der Waals surface area contributed by atoms with Crippen molar-refractivity contribution in [3.63, 3.8) is 0 Å².